The van der Waals surface area contributed by atoms with Crippen molar-refractivity contribution in [3.63, 3.8) is 0 Å². The van der Waals surface area contributed by atoms with E-state index in [2.05, 4.69) is 10.6 Å². The molecule has 0 fully saturated rings. The Hall–Kier alpha value is -3.41. The van der Waals surface area contributed by atoms with E-state index in [0.717, 1.165) is 5.69 Å². The maximum atomic E-state index is 12.2. The predicted octanol–water partition coefficient (Wildman–Crippen LogP) is 4.14. The number of amides is 2. The molecule has 2 aromatic carbocycles. The molecule has 1 heterocycles. The van der Waals surface area contributed by atoms with Gasteiger partial charge in [-0.3, -0.25) is 0 Å². The van der Waals surface area contributed by atoms with Crippen molar-refractivity contribution < 1.29 is 14.3 Å². The third kappa shape index (κ3) is 3.92. The zero-order valence-electron chi connectivity index (χ0n) is 14.0. The van der Waals surface area contributed by atoms with Gasteiger partial charge in [-0.05, 0) is 48.5 Å². The van der Waals surface area contributed by atoms with Crippen molar-refractivity contribution >= 4 is 17.4 Å². The van der Waals surface area contributed by atoms with Crippen molar-refractivity contribution in [2.45, 2.75) is 0 Å². The van der Waals surface area contributed by atoms with Crippen molar-refractivity contribution in [3.05, 3.63) is 67.0 Å². The lowest BCUT2D eigenvalue weighted by Gasteiger charge is -2.12. The fourth-order valence-electron chi connectivity index (χ4n) is 2.41. The topological polar surface area (TPSA) is 64.5 Å². The highest BCUT2D eigenvalue weighted by Gasteiger charge is 2.09. The first-order valence-electron chi connectivity index (χ1n) is 7.73. The number of urea groups is 1. The van der Waals surface area contributed by atoms with E-state index in [1.807, 2.05) is 53.4 Å². The quantitative estimate of drug-likeness (QED) is 0.735. The Morgan fingerprint density at radius 3 is 2.28 bits per heavy atom. The van der Waals surface area contributed by atoms with Crippen LogP contribution in [0.3, 0.4) is 0 Å². The molecule has 0 atom stereocenters. The van der Waals surface area contributed by atoms with Crippen LogP contribution in [0.5, 0.6) is 11.5 Å². The number of anilines is 2. The van der Waals surface area contributed by atoms with Crippen molar-refractivity contribution in [1.82, 2.24) is 4.57 Å². The second kappa shape index (κ2) is 7.44. The fourth-order valence-corrected chi connectivity index (χ4v) is 2.41. The van der Waals surface area contributed by atoms with Gasteiger partial charge in [0.1, 0.15) is 11.5 Å². The molecular formula is C19H19N3O3. The van der Waals surface area contributed by atoms with Crippen LogP contribution in [-0.4, -0.2) is 24.8 Å². The first-order valence-corrected chi connectivity index (χ1v) is 7.73. The number of hydrogen-bond acceptors (Lipinski definition) is 3. The molecule has 0 aliphatic carbocycles. The van der Waals surface area contributed by atoms with Crippen LogP contribution < -0.4 is 20.1 Å². The summed E-state index contributed by atoms with van der Waals surface area (Å²) in [4.78, 5) is 12.2. The summed E-state index contributed by atoms with van der Waals surface area (Å²) < 4.78 is 12.4. The smallest absolute Gasteiger partial charge is 0.323 e. The van der Waals surface area contributed by atoms with Crippen LogP contribution in [0.4, 0.5) is 16.2 Å². The van der Waals surface area contributed by atoms with Gasteiger partial charge >= 0.3 is 6.03 Å². The standard InChI is InChI=1S/C19H19N3O3/c1-24-16-9-10-17(18(13-16)25-2)21-19(23)20-14-5-7-15(8-6-14)22-11-3-4-12-22/h3-13H,1-2H3,(H2,20,21,23). The molecule has 0 saturated heterocycles. The molecule has 128 valence electrons. The Kier molecular flexibility index (Phi) is 4.89. The van der Waals surface area contributed by atoms with Gasteiger partial charge in [0.2, 0.25) is 0 Å². The number of nitrogens with zero attached hydrogens (tertiary/aromatic N) is 1. The predicted molar refractivity (Wildman–Crippen MR) is 98.0 cm³/mol. The molecule has 3 aromatic rings. The Labute approximate surface area is 146 Å². The molecule has 0 radical (unpaired) electrons. The highest BCUT2D eigenvalue weighted by molar-refractivity contribution is 6.00. The monoisotopic (exact) mass is 337 g/mol. The van der Waals surface area contributed by atoms with E-state index in [4.69, 9.17) is 9.47 Å². The van der Waals surface area contributed by atoms with E-state index in [-0.39, 0.29) is 6.03 Å². The number of rotatable bonds is 5. The third-order valence-electron chi connectivity index (χ3n) is 3.68. The van der Waals surface area contributed by atoms with Crippen LogP contribution in [0.25, 0.3) is 5.69 Å². The van der Waals surface area contributed by atoms with Gasteiger partial charge in [-0.15, -0.1) is 0 Å². The number of hydrogen-bond donors (Lipinski definition) is 2. The minimum Gasteiger partial charge on any atom is -0.497 e. The maximum Gasteiger partial charge on any atom is 0.323 e. The summed E-state index contributed by atoms with van der Waals surface area (Å²) in [5.41, 5.74) is 2.28. The molecule has 0 aliphatic heterocycles. The molecule has 0 bridgehead atoms. The molecule has 25 heavy (non-hydrogen) atoms. The summed E-state index contributed by atoms with van der Waals surface area (Å²) in [6.45, 7) is 0. The maximum absolute atomic E-state index is 12.2. The van der Waals surface area contributed by atoms with Crippen LogP contribution in [-0.2, 0) is 0 Å². The number of carbonyl (C=O) groups excluding carboxylic acids is 1. The summed E-state index contributed by atoms with van der Waals surface area (Å²) >= 11 is 0. The summed E-state index contributed by atoms with van der Waals surface area (Å²) in [6, 6.07) is 16.3. The molecule has 2 N–H and O–H groups in total. The van der Waals surface area contributed by atoms with Gasteiger partial charge in [-0.25, -0.2) is 4.79 Å². The van der Waals surface area contributed by atoms with E-state index in [1.165, 1.54) is 7.11 Å². The van der Waals surface area contributed by atoms with Gasteiger partial charge in [0.15, 0.2) is 0 Å². The van der Waals surface area contributed by atoms with E-state index in [9.17, 15) is 4.79 Å². The number of benzene rings is 2. The third-order valence-corrected chi connectivity index (χ3v) is 3.68. The molecule has 6 nitrogen and oxygen atoms in total. The minimum atomic E-state index is -0.350. The highest BCUT2D eigenvalue weighted by atomic mass is 16.5. The van der Waals surface area contributed by atoms with Gasteiger partial charge in [0, 0.05) is 29.8 Å². The Balaban J connectivity index is 1.66. The first-order chi connectivity index (χ1) is 12.2. The SMILES string of the molecule is COc1ccc(NC(=O)Nc2ccc(-n3cccc3)cc2)c(OC)c1. The van der Waals surface area contributed by atoms with Gasteiger partial charge < -0.3 is 24.7 Å². The molecule has 0 aliphatic rings. The molecule has 0 unspecified atom stereocenters. The van der Waals surface area contributed by atoms with Crippen LogP contribution in [0.15, 0.2) is 67.0 Å². The van der Waals surface area contributed by atoms with Crippen molar-refractivity contribution in [2.24, 2.45) is 0 Å². The summed E-state index contributed by atoms with van der Waals surface area (Å²) in [7, 11) is 3.11. The summed E-state index contributed by atoms with van der Waals surface area (Å²) in [5.74, 6) is 1.18. The molecule has 2 amide bonds. The second-order valence-electron chi connectivity index (χ2n) is 5.28. The van der Waals surface area contributed by atoms with Gasteiger partial charge in [-0.1, -0.05) is 0 Å². The molecule has 6 heteroatoms. The average Bonchev–Trinajstić information content (AvgIpc) is 3.17. The van der Waals surface area contributed by atoms with E-state index >= 15 is 0 Å². The van der Waals surface area contributed by atoms with Gasteiger partial charge in [0.05, 0.1) is 19.9 Å². The lowest BCUT2D eigenvalue weighted by atomic mass is 10.2. The summed E-state index contributed by atoms with van der Waals surface area (Å²) in [5, 5.41) is 5.56. The molecular weight excluding hydrogens is 318 g/mol. The van der Waals surface area contributed by atoms with Gasteiger partial charge in [0.25, 0.3) is 0 Å². The zero-order chi connectivity index (χ0) is 17.6. The number of methoxy groups -OCH3 is 2. The Bertz CT molecular complexity index is 843. The number of aromatic nitrogens is 1. The lowest BCUT2D eigenvalue weighted by molar-refractivity contribution is 0.262. The Morgan fingerprint density at radius 2 is 1.64 bits per heavy atom. The lowest BCUT2D eigenvalue weighted by Crippen LogP contribution is -2.19. The van der Waals surface area contributed by atoms with Crippen LogP contribution in [0.2, 0.25) is 0 Å². The number of ether oxygens (including phenoxy) is 2. The van der Waals surface area contributed by atoms with E-state index in [1.54, 1.807) is 25.3 Å². The average molecular weight is 337 g/mol. The van der Waals surface area contributed by atoms with Crippen molar-refractivity contribution in [3.8, 4) is 17.2 Å². The number of nitrogens with one attached hydrogen (secondary N) is 2. The Morgan fingerprint density at radius 1 is 0.920 bits per heavy atom. The fraction of sp³-hybridized carbons (Fsp3) is 0.105. The van der Waals surface area contributed by atoms with Crippen molar-refractivity contribution in [1.29, 1.82) is 0 Å². The van der Waals surface area contributed by atoms with Crippen LogP contribution >= 0.6 is 0 Å². The molecule has 0 saturated carbocycles. The minimum absolute atomic E-state index is 0.350. The number of carbonyl (C=O) groups is 1. The zero-order valence-corrected chi connectivity index (χ0v) is 14.0. The second-order valence-corrected chi connectivity index (χ2v) is 5.28. The normalized spacial score (nSPS) is 10.2. The van der Waals surface area contributed by atoms with Crippen LogP contribution in [0.1, 0.15) is 0 Å². The largest absolute Gasteiger partial charge is 0.497 e. The van der Waals surface area contributed by atoms with E-state index in [0.29, 0.717) is 22.9 Å². The first kappa shape index (κ1) is 16.4. The summed E-state index contributed by atoms with van der Waals surface area (Å²) in [6.07, 6.45) is 3.93. The van der Waals surface area contributed by atoms with Gasteiger partial charge in [-0.2, -0.15) is 0 Å². The van der Waals surface area contributed by atoms with Crippen molar-refractivity contribution in [2.75, 3.05) is 24.9 Å². The van der Waals surface area contributed by atoms with Crippen LogP contribution in [0, 0.1) is 0 Å². The highest BCUT2D eigenvalue weighted by Crippen LogP contribution is 2.29. The molecule has 3 rings (SSSR count). The molecule has 0 spiro atoms. The molecule has 1 aromatic heterocycles. The van der Waals surface area contributed by atoms with E-state index < -0.39 is 0 Å².